The first-order valence-corrected chi connectivity index (χ1v) is 4.36. The molecular formula is C8H15N3O2. The molecule has 0 bridgehead atoms. The minimum Gasteiger partial charge on any atom is -0.391 e. The van der Waals surface area contributed by atoms with Gasteiger partial charge in [-0.2, -0.15) is 5.10 Å². The van der Waals surface area contributed by atoms with Gasteiger partial charge in [-0.15, -0.1) is 0 Å². The summed E-state index contributed by atoms with van der Waals surface area (Å²) in [6.07, 6.45) is 1.58. The Kier molecular flexibility index (Phi) is 2.87. The van der Waals surface area contributed by atoms with E-state index in [1.807, 2.05) is 6.92 Å². The molecule has 74 valence electrons. The lowest BCUT2D eigenvalue weighted by atomic mass is 10.1. The summed E-state index contributed by atoms with van der Waals surface area (Å²) in [6, 6.07) is -0.228. The van der Waals surface area contributed by atoms with Crippen LogP contribution in [0.25, 0.3) is 0 Å². The molecule has 0 aliphatic rings. The van der Waals surface area contributed by atoms with E-state index >= 15 is 0 Å². The second-order valence-electron chi connectivity index (χ2n) is 3.19. The third kappa shape index (κ3) is 1.80. The fraction of sp³-hybridized carbons (Fsp3) is 0.750. The van der Waals surface area contributed by atoms with Crippen LogP contribution in [-0.4, -0.2) is 25.6 Å². The lowest BCUT2D eigenvalue weighted by Gasteiger charge is -2.16. The Morgan fingerprint density at radius 3 is 2.62 bits per heavy atom. The average Bonchev–Trinajstić information content (AvgIpc) is 2.37. The van der Waals surface area contributed by atoms with Gasteiger partial charge >= 0.3 is 5.69 Å². The van der Waals surface area contributed by atoms with Gasteiger partial charge in [0.2, 0.25) is 0 Å². The van der Waals surface area contributed by atoms with Crippen LogP contribution >= 0.6 is 0 Å². The van der Waals surface area contributed by atoms with Crippen LogP contribution in [0.2, 0.25) is 0 Å². The summed E-state index contributed by atoms with van der Waals surface area (Å²) in [5, 5.41) is 13.3. The third-order valence-electron chi connectivity index (χ3n) is 2.14. The van der Waals surface area contributed by atoms with Gasteiger partial charge in [0.1, 0.15) is 6.33 Å². The summed E-state index contributed by atoms with van der Waals surface area (Å²) in [5.41, 5.74) is -0.187. The second kappa shape index (κ2) is 3.74. The molecule has 0 aliphatic carbocycles. The largest absolute Gasteiger partial charge is 0.391 e. The van der Waals surface area contributed by atoms with E-state index < -0.39 is 6.10 Å². The van der Waals surface area contributed by atoms with E-state index in [9.17, 15) is 9.90 Å². The monoisotopic (exact) mass is 185 g/mol. The number of rotatable bonds is 3. The molecule has 1 rings (SSSR count). The highest BCUT2D eigenvalue weighted by atomic mass is 16.3. The van der Waals surface area contributed by atoms with Gasteiger partial charge in [-0.1, -0.05) is 6.92 Å². The van der Waals surface area contributed by atoms with Crippen LogP contribution in [0.1, 0.15) is 26.3 Å². The van der Waals surface area contributed by atoms with Gasteiger partial charge < -0.3 is 5.11 Å². The molecule has 0 aromatic carbocycles. The van der Waals surface area contributed by atoms with Crippen LogP contribution in [-0.2, 0) is 7.05 Å². The van der Waals surface area contributed by atoms with Crippen LogP contribution in [0.4, 0.5) is 0 Å². The zero-order chi connectivity index (χ0) is 10.0. The van der Waals surface area contributed by atoms with Crippen LogP contribution in [0.5, 0.6) is 0 Å². The van der Waals surface area contributed by atoms with Crippen molar-refractivity contribution in [1.82, 2.24) is 14.3 Å². The number of aryl methyl sites for hydroxylation is 1. The molecule has 5 nitrogen and oxygen atoms in total. The van der Waals surface area contributed by atoms with E-state index in [0.29, 0.717) is 6.42 Å². The number of aliphatic hydroxyl groups is 1. The fourth-order valence-electron chi connectivity index (χ4n) is 1.34. The normalized spacial score (nSPS) is 15.7. The van der Waals surface area contributed by atoms with Gasteiger partial charge in [0.05, 0.1) is 12.1 Å². The Morgan fingerprint density at radius 1 is 1.69 bits per heavy atom. The van der Waals surface area contributed by atoms with Gasteiger partial charge in [-0.3, -0.25) is 4.57 Å². The summed E-state index contributed by atoms with van der Waals surface area (Å²) in [6.45, 7) is 3.58. The zero-order valence-corrected chi connectivity index (χ0v) is 8.14. The van der Waals surface area contributed by atoms with Crippen LogP contribution in [0.3, 0.4) is 0 Å². The number of aliphatic hydroxyl groups excluding tert-OH is 1. The molecule has 5 heteroatoms. The first-order chi connectivity index (χ1) is 6.07. The van der Waals surface area contributed by atoms with E-state index in [1.54, 1.807) is 14.0 Å². The number of aromatic nitrogens is 3. The molecule has 1 N–H and O–H groups in total. The molecule has 0 radical (unpaired) electrons. The molecule has 13 heavy (non-hydrogen) atoms. The Bertz CT molecular complexity index is 326. The third-order valence-corrected chi connectivity index (χ3v) is 2.14. The van der Waals surface area contributed by atoms with Crippen LogP contribution in [0, 0.1) is 0 Å². The lowest BCUT2D eigenvalue weighted by molar-refractivity contribution is 0.118. The van der Waals surface area contributed by atoms with E-state index in [1.165, 1.54) is 15.6 Å². The van der Waals surface area contributed by atoms with Crippen molar-refractivity contribution in [2.24, 2.45) is 7.05 Å². The predicted molar refractivity (Wildman–Crippen MR) is 48.5 cm³/mol. The smallest absolute Gasteiger partial charge is 0.345 e. The minimum absolute atomic E-state index is 0.187. The van der Waals surface area contributed by atoms with Gasteiger partial charge in [-0.25, -0.2) is 9.48 Å². The molecule has 0 fully saturated rings. The topological polar surface area (TPSA) is 60.0 Å². The summed E-state index contributed by atoms with van der Waals surface area (Å²) < 4.78 is 2.72. The summed E-state index contributed by atoms with van der Waals surface area (Å²) in [5.74, 6) is 0. The maximum absolute atomic E-state index is 11.4. The average molecular weight is 185 g/mol. The van der Waals surface area contributed by atoms with Gasteiger partial charge in [0.15, 0.2) is 0 Å². The SMILES string of the molecule is CC[C@H]([C@H](C)O)n1ncn(C)c1=O. The van der Waals surface area contributed by atoms with Gasteiger partial charge in [-0.05, 0) is 13.3 Å². The standard InChI is InChI=1S/C8H15N3O2/c1-4-7(6(2)12)11-8(13)10(3)5-9-11/h5-7,12H,4H2,1-3H3/t6-,7+/m0/s1. The maximum Gasteiger partial charge on any atom is 0.345 e. The molecule has 0 unspecified atom stereocenters. The summed E-state index contributed by atoms with van der Waals surface area (Å²) >= 11 is 0. The molecule has 0 saturated carbocycles. The molecule has 0 saturated heterocycles. The van der Waals surface area contributed by atoms with Crippen molar-refractivity contribution < 1.29 is 5.11 Å². The Labute approximate surface area is 76.6 Å². The molecule has 0 aliphatic heterocycles. The van der Waals surface area contributed by atoms with E-state index in [0.717, 1.165) is 0 Å². The molecule has 2 atom stereocenters. The molecular weight excluding hydrogens is 170 g/mol. The minimum atomic E-state index is -0.558. The van der Waals surface area contributed by atoms with Gasteiger partial charge in [0.25, 0.3) is 0 Å². The summed E-state index contributed by atoms with van der Waals surface area (Å²) in [7, 11) is 1.64. The fourth-order valence-corrected chi connectivity index (χ4v) is 1.34. The molecule has 1 aromatic heterocycles. The first kappa shape index (κ1) is 9.98. The van der Waals surface area contributed by atoms with Crippen molar-refractivity contribution in [3.8, 4) is 0 Å². The van der Waals surface area contributed by atoms with Crippen molar-refractivity contribution in [3.63, 3.8) is 0 Å². The maximum atomic E-state index is 11.4. The first-order valence-electron chi connectivity index (χ1n) is 4.36. The van der Waals surface area contributed by atoms with Gasteiger partial charge in [0, 0.05) is 7.05 Å². The Hall–Kier alpha value is -1.10. The Balaban J connectivity index is 3.05. The summed E-state index contributed by atoms with van der Waals surface area (Å²) in [4.78, 5) is 11.4. The molecule has 0 spiro atoms. The van der Waals surface area contributed by atoms with Crippen molar-refractivity contribution in [2.45, 2.75) is 32.4 Å². The van der Waals surface area contributed by atoms with Crippen molar-refractivity contribution in [1.29, 1.82) is 0 Å². The lowest BCUT2D eigenvalue weighted by Crippen LogP contribution is -2.32. The highest BCUT2D eigenvalue weighted by Gasteiger charge is 2.18. The van der Waals surface area contributed by atoms with Crippen LogP contribution in [0.15, 0.2) is 11.1 Å². The zero-order valence-electron chi connectivity index (χ0n) is 8.14. The molecule has 1 aromatic rings. The van der Waals surface area contributed by atoms with E-state index in [4.69, 9.17) is 0 Å². The molecule has 1 heterocycles. The highest BCUT2D eigenvalue weighted by Crippen LogP contribution is 2.11. The van der Waals surface area contributed by atoms with E-state index in [-0.39, 0.29) is 11.7 Å². The quantitative estimate of drug-likeness (QED) is 0.716. The van der Waals surface area contributed by atoms with Crippen LogP contribution < -0.4 is 5.69 Å². The predicted octanol–water partition coefficient (Wildman–Crippen LogP) is -0.0863. The highest BCUT2D eigenvalue weighted by molar-refractivity contribution is 4.75. The molecule has 0 amide bonds. The van der Waals surface area contributed by atoms with E-state index in [2.05, 4.69) is 5.10 Å². The van der Waals surface area contributed by atoms with Crippen molar-refractivity contribution in [3.05, 3.63) is 16.8 Å². The second-order valence-corrected chi connectivity index (χ2v) is 3.19. The Morgan fingerprint density at radius 2 is 2.31 bits per heavy atom. The van der Waals surface area contributed by atoms with Crippen molar-refractivity contribution >= 4 is 0 Å². The van der Waals surface area contributed by atoms with Crippen molar-refractivity contribution in [2.75, 3.05) is 0 Å². The number of hydrogen-bond acceptors (Lipinski definition) is 3. The number of hydrogen-bond donors (Lipinski definition) is 1. The number of nitrogens with zero attached hydrogens (tertiary/aromatic N) is 3.